The Hall–Kier alpha value is -1.42. The third kappa shape index (κ3) is 2.03. The molecule has 0 spiro atoms. The molecular formula is C8H9N2O2. The molecule has 1 aromatic rings. The van der Waals surface area contributed by atoms with Crippen molar-refractivity contribution < 1.29 is 9.53 Å². The molecule has 0 aliphatic rings. The Morgan fingerprint density at radius 3 is 3.17 bits per heavy atom. The number of primary amides is 1. The number of rotatable bonds is 3. The van der Waals surface area contributed by atoms with Crippen LogP contribution < -0.4 is 5.73 Å². The second kappa shape index (κ2) is 3.82. The molecular weight excluding hydrogens is 156 g/mol. The minimum absolute atomic E-state index is 0.143. The minimum atomic E-state index is -0.576. The molecule has 0 aliphatic heterocycles. The first kappa shape index (κ1) is 8.67. The number of carbonyl (C=O) groups excluding carboxylic acids is 1. The summed E-state index contributed by atoms with van der Waals surface area (Å²) in [5.41, 5.74) is 5.82. The highest BCUT2D eigenvalue weighted by Gasteiger charge is 2.02. The lowest BCUT2D eigenvalue weighted by atomic mass is 10.3. The van der Waals surface area contributed by atoms with Gasteiger partial charge in [-0.05, 0) is 6.07 Å². The third-order valence-electron chi connectivity index (χ3n) is 1.28. The molecule has 0 saturated heterocycles. The Morgan fingerprint density at radius 1 is 1.83 bits per heavy atom. The largest absolute Gasteiger partial charge is 0.378 e. The molecule has 0 aromatic carbocycles. The molecule has 0 unspecified atom stereocenters. The summed E-state index contributed by atoms with van der Waals surface area (Å²) in [5, 5.41) is 0. The number of hydrogen-bond donors (Lipinski definition) is 1. The number of carbonyl (C=O) groups is 1. The van der Waals surface area contributed by atoms with Crippen LogP contribution in [0, 0.1) is 6.07 Å². The van der Waals surface area contributed by atoms with E-state index in [0.29, 0.717) is 12.3 Å². The molecule has 4 heteroatoms. The van der Waals surface area contributed by atoms with Crippen molar-refractivity contribution >= 4 is 5.91 Å². The minimum Gasteiger partial charge on any atom is -0.378 e. The van der Waals surface area contributed by atoms with E-state index in [0.717, 1.165) is 0 Å². The van der Waals surface area contributed by atoms with Gasteiger partial charge in [-0.1, -0.05) is 6.07 Å². The summed E-state index contributed by atoms with van der Waals surface area (Å²) < 4.78 is 4.83. The predicted molar refractivity (Wildman–Crippen MR) is 42.3 cm³/mol. The Morgan fingerprint density at radius 2 is 2.58 bits per heavy atom. The lowest BCUT2D eigenvalue weighted by Gasteiger charge is -1.99. The van der Waals surface area contributed by atoms with Crippen molar-refractivity contribution in [1.82, 2.24) is 4.98 Å². The van der Waals surface area contributed by atoms with E-state index in [4.69, 9.17) is 10.5 Å². The van der Waals surface area contributed by atoms with Crippen LogP contribution in [-0.4, -0.2) is 18.0 Å². The molecule has 12 heavy (non-hydrogen) atoms. The van der Waals surface area contributed by atoms with Crippen LogP contribution in [0.3, 0.4) is 0 Å². The summed E-state index contributed by atoms with van der Waals surface area (Å²) >= 11 is 0. The van der Waals surface area contributed by atoms with Gasteiger partial charge in [-0.3, -0.25) is 4.79 Å². The summed E-state index contributed by atoms with van der Waals surface area (Å²) in [6, 6.07) is 5.94. The van der Waals surface area contributed by atoms with Crippen molar-refractivity contribution in [2.24, 2.45) is 5.73 Å². The van der Waals surface area contributed by atoms with E-state index in [-0.39, 0.29) is 5.69 Å². The normalized spacial score (nSPS) is 9.75. The molecule has 0 bridgehead atoms. The van der Waals surface area contributed by atoms with E-state index < -0.39 is 5.91 Å². The van der Waals surface area contributed by atoms with E-state index in [1.165, 1.54) is 0 Å². The zero-order chi connectivity index (χ0) is 8.97. The Kier molecular flexibility index (Phi) is 2.76. The zero-order valence-electron chi connectivity index (χ0n) is 6.70. The zero-order valence-corrected chi connectivity index (χ0v) is 6.70. The Labute approximate surface area is 70.4 Å². The van der Waals surface area contributed by atoms with Crippen LogP contribution in [-0.2, 0) is 11.3 Å². The van der Waals surface area contributed by atoms with Gasteiger partial charge in [0.25, 0.3) is 5.91 Å². The van der Waals surface area contributed by atoms with Gasteiger partial charge in [-0.25, -0.2) is 4.98 Å². The number of nitrogens with zero attached hydrogens (tertiary/aromatic N) is 1. The van der Waals surface area contributed by atoms with Gasteiger partial charge >= 0.3 is 0 Å². The highest BCUT2D eigenvalue weighted by atomic mass is 16.5. The van der Waals surface area contributed by atoms with Crippen molar-refractivity contribution in [2.45, 2.75) is 6.61 Å². The molecule has 0 fully saturated rings. The lowest BCUT2D eigenvalue weighted by Crippen LogP contribution is -2.14. The Bertz CT molecular complexity index is 286. The number of pyridine rings is 1. The van der Waals surface area contributed by atoms with Gasteiger partial charge < -0.3 is 10.5 Å². The molecule has 63 valence electrons. The number of nitrogens with two attached hydrogens (primary N) is 1. The van der Waals surface area contributed by atoms with Crippen LogP contribution >= 0.6 is 0 Å². The fourth-order valence-corrected chi connectivity index (χ4v) is 0.784. The van der Waals surface area contributed by atoms with Gasteiger partial charge in [0, 0.05) is 13.2 Å². The highest BCUT2D eigenvalue weighted by Crippen LogP contribution is 1.98. The second-order valence-electron chi connectivity index (χ2n) is 2.23. The van der Waals surface area contributed by atoms with Gasteiger partial charge in [0.1, 0.15) is 5.69 Å². The molecule has 2 N–H and O–H groups in total. The SMILES string of the molecule is COCc1cc[c]c(C(N)=O)n1. The van der Waals surface area contributed by atoms with Crippen molar-refractivity contribution in [2.75, 3.05) is 7.11 Å². The van der Waals surface area contributed by atoms with E-state index in [2.05, 4.69) is 11.1 Å². The van der Waals surface area contributed by atoms with Gasteiger partial charge in [0.05, 0.1) is 12.3 Å². The standard InChI is InChI=1S/C8H9N2O2/c1-12-5-6-3-2-4-7(10-6)8(9)11/h2-3H,5H2,1H3,(H2,9,11). The predicted octanol–water partition coefficient (Wildman–Crippen LogP) is 0.127. The number of methoxy groups -OCH3 is 1. The third-order valence-corrected chi connectivity index (χ3v) is 1.28. The molecule has 1 radical (unpaired) electrons. The summed E-state index contributed by atoms with van der Waals surface area (Å²) in [6.07, 6.45) is 0. The van der Waals surface area contributed by atoms with E-state index in [1.807, 2.05) is 0 Å². The van der Waals surface area contributed by atoms with Crippen molar-refractivity contribution in [3.63, 3.8) is 0 Å². The molecule has 1 aromatic heterocycles. The molecule has 1 heterocycles. The molecule has 1 amide bonds. The number of aromatic nitrogens is 1. The van der Waals surface area contributed by atoms with Crippen LogP contribution in [0.5, 0.6) is 0 Å². The maximum absolute atomic E-state index is 10.6. The first-order chi connectivity index (χ1) is 5.74. The van der Waals surface area contributed by atoms with E-state index in [1.54, 1.807) is 19.2 Å². The first-order valence-corrected chi connectivity index (χ1v) is 3.40. The summed E-state index contributed by atoms with van der Waals surface area (Å²) in [6.45, 7) is 0.370. The fourth-order valence-electron chi connectivity index (χ4n) is 0.784. The van der Waals surface area contributed by atoms with Crippen LogP contribution in [0.2, 0.25) is 0 Å². The second-order valence-corrected chi connectivity index (χ2v) is 2.23. The van der Waals surface area contributed by atoms with Gasteiger partial charge in [-0.2, -0.15) is 0 Å². The summed E-state index contributed by atoms with van der Waals surface area (Å²) in [7, 11) is 1.56. The number of amides is 1. The average Bonchev–Trinajstić information content (AvgIpc) is 2.05. The number of ether oxygens (including phenoxy) is 1. The maximum atomic E-state index is 10.6. The quantitative estimate of drug-likeness (QED) is 0.692. The molecule has 0 atom stereocenters. The van der Waals surface area contributed by atoms with Gasteiger partial charge in [0.15, 0.2) is 0 Å². The van der Waals surface area contributed by atoms with Gasteiger partial charge in [0.2, 0.25) is 0 Å². The summed E-state index contributed by atoms with van der Waals surface area (Å²) in [5.74, 6) is -0.576. The monoisotopic (exact) mass is 165 g/mol. The fraction of sp³-hybridized carbons (Fsp3) is 0.250. The average molecular weight is 165 g/mol. The maximum Gasteiger partial charge on any atom is 0.267 e. The highest BCUT2D eigenvalue weighted by molar-refractivity contribution is 5.90. The van der Waals surface area contributed by atoms with Crippen molar-refractivity contribution in [1.29, 1.82) is 0 Å². The topological polar surface area (TPSA) is 65.2 Å². The van der Waals surface area contributed by atoms with Crippen LogP contribution in [0.15, 0.2) is 12.1 Å². The molecule has 0 aliphatic carbocycles. The van der Waals surface area contributed by atoms with E-state index in [9.17, 15) is 4.79 Å². The van der Waals surface area contributed by atoms with Gasteiger partial charge in [-0.15, -0.1) is 0 Å². The summed E-state index contributed by atoms with van der Waals surface area (Å²) in [4.78, 5) is 14.6. The smallest absolute Gasteiger partial charge is 0.267 e. The van der Waals surface area contributed by atoms with Crippen molar-refractivity contribution in [3.05, 3.63) is 29.6 Å². The van der Waals surface area contributed by atoms with Crippen LogP contribution in [0.4, 0.5) is 0 Å². The molecule has 0 saturated carbocycles. The molecule has 4 nitrogen and oxygen atoms in total. The Balaban J connectivity index is 2.88. The van der Waals surface area contributed by atoms with Crippen LogP contribution in [0.1, 0.15) is 16.2 Å². The van der Waals surface area contributed by atoms with Crippen molar-refractivity contribution in [3.8, 4) is 0 Å². The molecule has 1 rings (SSSR count). The lowest BCUT2D eigenvalue weighted by molar-refractivity contribution is 0.0994. The number of hydrogen-bond acceptors (Lipinski definition) is 3. The van der Waals surface area contributed by atoms with Crippen LogP contribution in [0.25, 0.3) is 0 Å². The van der Waals surface area contributed by atoms with E-state index >= 15 is 0 Å². The first-order valence-electron chi connectivity index (χ1n) is 3.40.